The van der Waals surface area contributed by atoms with Crippen LogP contribution in [-0.2, 0) is 0 Å². The summed E-state index contributed by atoms with van der Waals surface area (Å²) in [6.45, 7) is 11.5. The van der Waals surface area contributed by atoms with Crippen LogP contribution in [0.25, 0.3) is 0 Å². The topological polar surface area (TPSA) is 27.7 Å². The summed E-state index contributed by atoms with van der Waals surface area (Å²) >= 11 is 0. The first-order chi connectivity index (χ1) is 13.5. The van der Waals surface area contributed by atoms with Gasteiger partial charge in [-0.25, -0.2) is 4.39 Å². The number of allylic oxidation sites excluding steroid dienone is 4. The molecule has 1 N–H and O–H groups in total. The van der Waals surface area contributed by atoms with E-state index in [1.165, 1.54) is 17.7 Å². The lowest BCUT2D eigenvalue weighted by Gasteiger charge is -2.38. The molecule has 0 aromatic heterocycles. The van der Waals surface area contributed by atoms with Crippen LogP contribution in [0.3, 0.4) is 0 Å². The van der Waals surface area contributed by atoms with Crippen molar-refractivity contribution in [2.24, 2.45) is 0 Å². The molecule has 1 aromatic rings. The highest BCUT2D eigenvalue weighted by molar-refractivity contribution is 5.29. The number of hydrogen-bond donors (Lipinski definition) is 1. The Morgan fingerprint density at radius 1 is 1.21 bits per heavy atom. The largest absolute Gasteiger partial charge is 0.497 e. The third-order valence-corrected chi connectivity index (χ3v) is 5.24. The van der Waals surface area contributed by atoms with Crippen LogP contribution in [0.15, 0.2) is 60.5 Å². The van der Waals surface area contributed by atoms with Crippen molar-refractivity contribution in [2.45, 2.75) is 19.4 Å². The van der Waals surface area contributed by atoms with Crippen molar-refractivity contribution in [3.8, 4) is 5.75 Å². The number of nitrogens with zero attached hydrogens (tertiary/aromatic N) is 2. The number of benzene rings is 1. The number of nitrogens with one attached hydrogen (secondary N) is 1. The quantitative estimate of drug-likeness (QED) is 0.486. The molecular weight excluding hydrogens is 353 g/mol. The van der Waals surface area contributed by atoms with E-state index in [2.05, 4.69) is 40.9 Å². The Hall–Kier alpha value is -1.95. The van der Waals surface area contributed by atoms with Gasteiger partial charge in [-0.15, -0.1) is 0 Å². The predicted octanol–water partition coefficient (Wildman–Crippen LogP) is 3.95. The Morgan fingerprint density at radius 3 is 2.50 bits per heavy atom. The van der Waals surface area contributed by atoms with Crippen molar-refractivity contribution in [1.82, 2.24) is 15.1 Å². The smallest absolute Gasteiger partial charge is 0.122 e. The van der Waals surface area contributed by atoms with Gasteiger partial charge in [-0.1, -0.05) is 30.4 Å². The van der Waals surface area contributed by atoms with E-state index in [1.54, 1.807) is 7.11 Å². The number of piperazine rings is 1. The van der Waals surface area contributed by atoms with E-state index in [0.29, 0.717) is 6.04 Å². The lowest BCUT2D eigenvalue weighted by molar-refractivity contribution is 0.110. The van der Waals surface area contributed by atoms with Crippen LogP contribution in [0.1, 0.15) is 24.9 Å². The van der Waals surface area contributed by atoms with E-state index in [0.717, 1.165) is 57.0 Å². The lowest BCUT2D eigenvalue weighted by Crippen LogP contribution is -2.48. The normalized spacial score (nSPS) is 18.1. The van der Waals surface area contributed by atoms with Crippen molar-refractivity contribution in [1.29, 1.82) is 0 Å². The summed E-state index contributed by atoms with van der Waals surface area (Å²) in [6.07, 6.45) is 5.39. The Bertz CT molecular complexity index is 661. The first-order valence-electron chi connectivity index (χ1n) is 9.96. The number of rotatable bonds is 10. The second kappa shape index (κ2) is 11.8. The number of ether oxygens (including phenoxy) is 1. The molecule has 1 atom stereocenters. The molecule has 5 heteroatoms. The zero-order valence-electron chi connectivity index (χ0n) is 17.5. The predicted molar refractivity (Wildman–Crippen MR) is 115 cm³/mol. The lowest BCUT2D eigenvalue weighted by atomic mass is 10.0. The van der Waals surface area contributed by atoms with Gasteiger partial charge >= 0.3 is 0 Å². The highest BCUT2D eigenvalue weighted by Gasteiger charge is 2.23. The molecule has 0 bridgehead atoms. The SMILES string of the molecule is C=C/C(F)=C\C=C(/C)CCNCC(c1ccc(OC)cc1)N1CCN(C)CC1. The van der Waals surface area contributed by atoms with Crippen molar-refractivity contribution in [2.75, 3.05) is 53.4 Å². The third-order valence-electron chi connectivity index (χ3n) is 5.24. The molecule has 28 heavy (non-hydrogen) atoms. The molecular formula is C23H34FN3O. The summed E-state index contributed by atoms with van der Waals surface area (Å²) in [5, 5.41) is 3.59. The minimum atomic E-state index is -0.304. The second-order valence-electron chi connectivity index (χ2n) is 7.35. The van der Waals surface area contributed by atoms with Gasteiger partial charge in [0.05, 0.1) is 7.11 Å². The minimum Gasteiger partial charge on any atom is -0.497 e. The van der Waals surface area contributed by atoms with Gasteiger partial charge in [0.2, 0.25) is 0 Å². The molecule has 1 unspecified atom stereocenters. The Balaban J connectivity index is 1.94. The molecule has 2 rings (SSSR count). The van der Waals surface area contributed by atoms with Gasteiger partial charge in [0.25, 0.3) is 0 Å². The monoisotopic (exact) mass is 387 g/mol. The Labute approximate surface area is 169 Å². The molecule has 1 saturated heterocycles. The summed E-state index contributed by atoms with van der Waals surface area (Å²) in [6, 6.07) is 8.73. The average Bonchev–Trinajstić information content (AvgIpc) is 2.73. The van der Waals surface area contributed by atoms with Crippen LogP contribution in [-0.4, -0.2) is 63.2 Å². The summed E-state index contributed by atoms with van der Waals surface area (Å²) in [7, 11) is 3.87. The fraction of sp³-hybridized carbons (Fsp3) is 0.478. The van der Waals surface area contributed by atoms with E-state index in [1.807, 2.05) is 25.1 Å². The van der Waals surface area contributed by atoms with Gasteiger partial charge in [0.15, 0.2) is 0 Å². The molecule has 1 fully saturated rings. The third kappa shape index (κ3) is 7.23. The molecule has 0 spiro atoms. The van der Waals surface area contributed by atoms with Crippen LogP contribution in [0.2, 0.25) is 0 Å². The van der Waals surface area contributed by atoms with E-state index >= 15 is 0 Å². The summed E-state index contributed by atoms with van der Waals surface area (Å²) in [5.41, 5.74) is 2.45. The van der Waals surface area contributed by atoms with Gasteiger partial charge in [-0.05, 0) is 56.8 Å². The van der Waals surface area contributed by atoms with Crippen LogP contribution < -0.4 is 10.1 Å². The molecule has 0 amide bonds. The van der Waals surface area contributed by atoms with E-state index in [-0.39, 0.29) is 5.83 Å². The van der Waals surface area contributed by atoms with Crippen LogP contribution in [0.4, 0.5) is 4.39 Å². The van der Waals surface area contributed by atoms with Crippen molar-refractivity contribution in [3.05, 3.63) is 66.0 Å². The molecule has 1 heterocycles. The van der Waals surface area contributed by atoms with Gasteiger partial charge in [0, 0.05) is 38.8 Å². The van der Waals surface area contributed by atoms with E-state index in [4.69, 9.17) is 4.74 Å². The van der Waals surface area contributed by atoms with Crippen LogP contribution in [0.5, 0.6) is 5.75 Å². The highest BCUT2D eigenvalue weighted by atomic mass is 19.1. The first kappa shape index (κ1) is 22.3. The number of likely N-dealkylation sites (N-methyl/N-ethyl adjacent to an activating group) is 1. The highest BCUT2D eigenvalue weighted by Crippen LogP contribution is 2.24. The molecule has 1 aromatic carbocycles. The van der Waals surface area contributed by atoms with Crippen molar-refractivity contribution >= 4 is 0 Å². The summed E-state index contributed by atoms with van der Waals surface area (Å²) < 4.78 is 18.4. The molecule has 0 aliphatic carbocycles. The van der Waals surface area contributed by atoms with E-state index in [9.17, 15) is 4.39 Å². The average molecular weight is 388 g/mol. The van der Waals surface area contributed by atoms with Crippen LogP contribution >= 0.6 is 0 Å². The fourth-order valence-corrected chi connectivity index (χ4v) is 3.32. The van der Waals surface area contributed by atoms with Gasteiger partial charge in [-0.3, -0.25) is 4.90 Å². The van der Waals surface area contributed by atoms with Crippen LogP contribution in [0, 0.1) is 0 Å². The van der Waals surface area contributed by atoms with Gasteiger partial charge < -0.3 is 15.0 Å². The van der Waals surface area contributed by atoms with Crippen molar-refractivity contribution < 1.29 is 9.13 Å². The molecule has 154 valence electrons. The number of hydrogen-bond acceptors (Lipinski definition) is 4. The minimum absolute atomic E-state index is 0.304. The molecule has 0 saturated carbocycles. The Morgan fingerprint density at radius 2 is 1.89 bits per heavy atom. The first-order valence-corrected chi connectivity index (χ1v) is 9.96. The number of halogens is 1. The molecule has 4 nitrogen and oxygen atoms in total. The number of methoxy groups -OCH3 is 1. The molecule has 1 aliphatic heterocycles. The Kier molecular flexibility index (Phi) is 9.41. The maximum atomic E-state index is 13.1. The van der Waals surface area contributed by atoms with Gasteiger partial charge in [0.1, 0.15) is 11.6 Å². The van der Waals surface area contributed by atoms with Gasteiger partial charge in [-0.2, -0.15) is 0 Å². The molecule has 1 aliphatic rings. The maximum Gasteiger partial charge on any atom is 0.122 e. The second-order valence-corrected chi connectivity index (χ2v) is 7.35. The van der Waals surface area contributed by atoms with E-state index < -0.39 is 0 Å². The zero-order valence-corrected chi connectivity index (χ0v) is 17.5. The van der Waals surface area contributed by atoms with Crippen molar-refractivity contribution in [3.63, 3.8) is 0 Å². The fourth-order valence-electron chi connectivity index (χ4n) is 3.32. The molecule has 0 radical (unpaired) electrons. The standard InChI is InChI=1S/C23H34FN3O/c1-5-21(24)9-6-19(2)12-13-25-18-23(27-16-14-26(3)15-17-27)20-7-10-22(28-4)11-8-20/h5-11,23,25H,1,12-18H2,2-4H3/b19-6+,21-9+. The maximum absolute atomic E-state index is 13.1. The summed E-state index contributed by atoms with van der Waals surface area (Å²) in [4.78, 5) is 4.93. The zero-order chi connectivity index (χ0) is 20.4. The summed E-state index contributed by atoms with van der Waals surface area (Å²) in [5.74, 6) is 0.580.